The Bertz CT molecular complexity index is 593. The van der Waals surface area contributed by atoms with Gasteiger partial charge in [0.2, 0.25) is 0 Å². The highest BCUT2D eigenvalue weighted by Gasteiger charge is 2.42. The topological polar surface area (TPSA) is 19.0 Å². The SMILES string of the molecule is C=CCN1CCN(Cc2cccc(O[C@@]34CCCN(CC3)C4)c2)CC1. The summed E-state index contributed by atoms with van der Waals surface area (Å²) in [4.78, 5) is 7.57. The van der Waals surface area contributed by atoms with Gasteiger partial charge in [-0.05, 0) is 37.1 Å². The smallest absolute Gasteiger partial charge is 0.123 e. The van der Waals surface area contributed by atoms with Crippen molar-refractivity contribution in [1.82, 2.24) is 14.7 Å². The Morgan fingerprint density at radius 2 is 1.88 bits per heavy atom. The Kier molecular flexibility index (Phi) is 5.11. The van der Waals surface area contributed by atoms with E-state index in [0.29, 0.717) is 0 Å². The Morgan fingerprint density at radius 3 is 2.72 bits per heavy atom. The van der Waals surface area contributed by atoms with E-state index >= 15 is 0 Å². The molecule has 2 atom stereocenters. The molecular weight excluding hydrogens is 310 g/mol. The van der Waals surface area contributed by atoms with Crippen molar-refractivity contribution in [3.05, 3.63) is 42.5 Å². The third kappa shape index (κ3) is 4.08. The number of piperidine rings is 1. The van der Waals surface area contributed by atoms with Gasteiger partial charge in [0.05, 0.1) is 0 Å². The first kappa shape index (κ1) is 17.1. The summed E-state index contributed by atoms with van der Waals surface area (Å²) >= 11 is 0. The van der Waals surface area contributed by atoms with Crippen LogP contribution in [0.25, 0.3) is 0 Å². The molecule has 3 fully saturated rings. The van der Waals surface area contributed by atoms with Crippen molar-refractivity contribution in [2.24, 2.45) is 0 Å². The van der Waals surface area contributed by atoms with E-state index in [9.17, 15) is 0 Å². The lowest BCUT2D eigenvalue weighted by atomic mass is 9.94. The Balaban J connectivity index is 1.35. The van der Waals surface area contributed by atoms with E-state index in [1.165, 1.54) is 37.9 Å². The van der Waals surface area contributed by atoms with Crippen LogP contribution in [-0.2, 0) is 6.54 Å². The predicted molar refractivity (Wildman–Crippen MR) is 102 cm³/mol. The molecule has 136 valence electrons. The molecule has 4 rings (SSSR count). The summed E-state index contributed by atoms with van der Waals surface area (Å²) in [6.07, 6.45) is 5.67. The molecule has 3 aliphatic rings. The van der Waals surface area contributed by atoms with Crippen LogP contribution in [0.2, 0.25) is 0 Å². The fraction of sp³-hybridized carbons (Fsp3) is 0.619. The van der Waals surface area contributed by atoms with E-state index in [-0.39, 0.29) is 5.60 Å². The van der Waals surface area contributed by atoms with Crippen molar-refractivity contribution >= 4 is 0 Å². The summed E-state index contributed by atoms with van der Waals surface area (Å²) in [5.74, 6) is 1.06. The second kappa shape index (κ2) is 7.48. The van der Waals surface area contributed by atoms with Crippen LogP contribution in [0.5, 0.6) is 5.75 Å². The first-order valence-corrected chi connectivity index (χ1v) is 9.81. The zero-order chi connectivity index (χ0) is 17.1. The van der Waals surface area contributed by atoms with Gasteiger partial charge in [-0.25, -0.2) is 0 Å². The zero-order valence-corrected chi connectivity index (χ0v) is 15.3. The standard InChI is InChI=1S/C21H31N3O/c1-2-9-22-12-14-23(15-13-22)17-19-5-3-6-20(16-19)25-21-7-4-10-24(18-21)11-8-21/h2-3,5-6,16H,1,4,7-15,17-18H2/t21-/m0/s1. The first-order valence-electron chi connectivity index (χ1n) is 9.81. The number of benzene rings is 1. The van der Waals surface area contributed by atoms with Gasteiger partial charge < -0.3 is 4.74 Å². The van der Waals surface area contributed by atoms with Gasteiger partial charge in [-0.1, -0.05) is 18.2 Å². The second-order valence-corrected chi connectivity index (χ2v) is 7.93. The predicted octanol–water partition coefficient (Wildman–Crippen LogP) is 2.61. The van der Waals surface area contributed by atoms with Crippen molar-refractivity contribution in [3.63, 3.8) is 0 Å². The van der Waals surface area contributed by atoms with Gasteiger partial charge in [0.25, 0.3) is 0 Å². The van der Waals surface area contributed by atoms with Crippen LogP contribution in [0.15, 0.2) is 36.9 Å². The molecule has 0 N–H and O–H groups in total. The van der Waals surface area contributed by atoms with Crippen LogP contribution in [0.3, 0.4) is 0 Å². The minimum Gasteiger partial charge on any atom is -0.486 e. The normalized spacial score (nSPS) is 30.3. The molecule has 2 bridgehead atoms. The van der Waals surface area contributed by atoms with E-state index in [1.54, 1.807) is 0 Å². The third-order valence-electron chi connectivity index (χ3n) is 5.99. The highest BCUT2D eigenvalue weighted by molar-refractivity contribution is 5.29. The van der Waals surface area contributed by atoms with Crippen LogP contribution in [0.1, 0.15) is 24.8 Å². The van der Waals surface area contributed by atoms with E-state index in [1.807, 2.05) is 6.08 Å². The average molecular weight is 341 g/mol. The molecule has 1 unspecified atom stereocenters. The molecule has 3 heterocycles. The molecule has 1 aromatic rings. The fourth-order valence-electron chi connectivity index (χ4n) is 4.61. The fourth-order valence-corrected chi connectivity index (χ4v) is 4.61. The lowest BCUT2D eigenvalue weighted by molar-refractivity contribution is 0.0451. The largest absolute Gasteiger partial charge is 0.486 e. The van der Waals surface area contributed by atoms with Crippen LogP contribution >= 0.6 is 0 Å². The van der Waals surface area contributed by atoms with Gasteiger partial charge in [0.1, 0.15) is 11.4 Å². The summed E-state index contributed by atoms with van der Waals surface area (Å²) in [6, 6.07) is 8.80. The Hall–Kier alpha value is -1.36. The van der Waals surface area contributed by atoms with Gasteiger partial charge in [0, 0.05) is 58.8 Å². The minimum atomic E-state index is 0.0766. The van der Waals surface area contributed by atoms with Crippen molar-refractivity contribution < 1.29 is 4.74 Å². The maximum absolute atomic E-state index is 6.53. The lowest BCUT2D eigenvalue weighted by Crippen LogP contribution is -2.45. The number of rotatable bonds is 6. The molecule has 3 saturated heterocycles. The highest BCUT2D eigenvalue weighted by atomic mass is 16.5. The van der Waals surface area contributed by atoms with Crippen LogP contribution in [-0.4, -0.2) is 72.7 Å². The lowest BCUT2D eigenvalue weighted by Gasteiger charge is -2.35. The maximum Gasteiger partial charge on any atom is 0.123 e. The van der Waals surface area contributed by atoms with Crippen molar-refractivity contribution in [3.8, 4) is 5.75 Å². The molecular formula is C21H31N3O. The van der Waals surface area contributed by atoms with E-state index in [4.69, 9.17) is 4.74 Å². The maximum atomic E-state index is 6.53. The monoisotopic (exact) mass is 341 g/mol. The van der Waals surface area contributed by atoms with E-state index in [0.717, 1.165) is 51.6 Å². The van der Waals surface area contributed by atoms with Crippen molar-refractivity contribution in [2.45, 2.75) is 31.4 Å². The molecule has 0 radical (unpaired) electrons. The average Bonchev–Trinajstić information content (AvgIpc) is 2.91. The second-order valence-electron chi connectivity index (χ2n) is 7.93. The van der Waals surface area contributed by atoms with E-state index in [2.05, 4.69) is 45.5 Å². The van der Waals surface area contributed by atoms with Gasteiger partial charge in [-0.3, -0.25) is 14.7 Å². The summed E-state index contributed by atoms with van der Waals surface area (Å²) < 4.78 is 6.53. The van der Waals surface area contributed by atoms with Crippen LogP contribution in [0, 0.1) is 0 Å². The molecule has 0 amide bonds. The highest BCUT2D eigenvalue weighted by Crippen LogP contribution is 2.35. The molecule has 0 aliphatic carbocycles. The van der Waals surface area contributed by atoms with Gasteiger partial charge in [-0.15, -0.1) is 6.58 Å². The Morgan fingerprint density at radius 1 is 1.04 bits per heavy atom. The molecule has 1 aromatic carbocycles. The molecule has 0 aromatic heterocycles. The number of fused-ring (bicyclic) bond motifs is 2. The quantitative estimate of drug-likeness (QED) is 0.740. The van der Waals surface area contributed by atoms with Crippen molar-refractivity contribution in [2.75, 3.05) is 52.4 Å². The van der Waals surface area contributed by atoms with Gasteiger partial charge in [-0.2, -0.15) is 0 Å². The zero-order valence-electron chi connectivity index (χ0n) is 15.3. The number of hydrogen-bond acceptors (Lipinski definition) is 4. The molecule has 3 aliphatic heterocycles. The third-order valence-corrected chi connectivity index (χ3v) is 5.99. The summed E-state index contributed by atoms with van der Waals surface area (Å²) in [5, 5.41) is 0. The summed E-state index contributed by atoms with van der Waals surface area (Å²) in [6.45, 7) is 14.0. The number of ether oxygens (including phenoxy) is 1. The number of hydrogen-bond donors (Lipinski definition) is 0. The Labute approximate surface area is 152 Å². The molecule has 0 saturated carbocycles. The molecule has 0 spiro atoms. The van der Waals surface area contributed by atoms with Crippen molar-refractivity contribution in [1.29, 1.82) is 0 Å². The van der Waals surface area contributed by atoms with Gasteiger partial charge in [0.15, 0.2) is 0 Å². The number of piperazine rings is 1. The molecule has 4 heteroatoms. The summed E-state index contributed by atoms with van der Waals surface area (Å²) in [5.41, 5.74) is 1.45. The molecule has 4 nitrogen and oxygen atoms in total. The molecule has 25 heavy (non-hydrogen) atoms. The first-order chi connectivity index (χ1) is 12.2. The van der Waals surface area contributed by atoms with E-state index < -0.39 is 0 Å². The minimum absolute atomic E-state index is 0.0766. The van der Waals surface area contributed by atoms with Crippen LogP contribution in [0.4, 0.5) is 0 Å². The van der Waals surface area contributed by atoms with Crippen LogP contribution < -0.4 is 4.74 Å². The number of nitrogens with zero attached hydrogens (tertiary/aromatic N) is 3. The summed E-state index contributed by atoms with van der Waals surface area (Å²) in [7, 11) is 0. The van der Waals surface area contributed by atoms with Gasteiger partial charge >= 0.3 is 0 Å².